The second-order valence-corrected chi connectivity index (χ2v) is 4.59. The Balaban J connectivity index is 2.14. The van der Waals surface area contributed by atoms with Gasteiger partial charge < -0.3 is 15.8 Å². The van der Waals surface area contributed by atoms with Crippen LogP contribution in [0.5, 0.6) is 0 Å². The molecule has 1 aromatic rings. The minimum atomic E-state index is 0.182. The molecule has 86 valence electrons. The van der Waals surface area contributed by atoms with Crippen LogP contribution in [-0.2, 0) is 11.3 Å². The number of hydrogen-bond donors (Lipinski definition) is 2. The van der Waals surface area contributed by atoms with Gasteiger partial charge in [-0.05, 0) is 36.9 Å². The van der Waals surface area contributed by atoms with E-state index in [4.69, 9.17) is 10.5 Å². The van der Waals surface area contributed by atoms with Crippen LogP contribution in [0.2, 0.25) is 0 Å². The van der Waals surface area contributed by atoms with Crippen LogP contribution in [-0.4, -0.2) is 26.3 Å². The number of ether oxygens (including phenoxy) is 1. The molecule has 0 aromatic carbocycles. The first-order valence-electron chi connectivity index (χ1n) is 5.24. The lowest BCUT2D eigenvalue weighted by atomic mass is 10.2. The molecule has 1 rings (SSSR count). The Hall–Kier alpha value is -0.420. The summed E-state index contributed by atoms with van der Waals surface area (Å²) in [6.45, 7) is 4.64. The van der Waals surface area contributed by atoms with Gasteiger partial charge in [0.1, 0.15) is 0 Å². The third-order valence-corrected chi connectivity index (χ3v) is 3.52. The van der Waals surface area contributed by atoms with Gasteiger partial charge in [-0.2, -0.15) is 0 Å². The summed E-state index contributed by atoms with van der Waals surface area (Å²) < 4.78 is 5.20. The lowest BCUT2D eigenvalue weighted by molar-refractivity contribution is 0.102. The predicted molar refractivity (Wildman–Crippen MR) is 65.2 cm³/mol. The third kappa shape index (κ3) is 4.30. The van der Waals surface area contributed by atoms with Crippen LogP contribution in [0.25, 0.3) is 0 Å². The highest BCUT2D eigenvalue weighted by Gasteiger charge is 2.04. The Morgan fingerprint density at radius 1 is 1.60 bits per heavy atom. The molecule has 0 spiro atoms. The summed E-state index contributed by atoms with van der Waals surface area (Å²) in [6, 6.07) is 2.15. The molecule has 0 saturated heterocycles. The lowest BCUT2D eigenvalue weighted by Gasteiger charge is -2.12. The van der Waals surface area contributed by atoms with E-state index in [1.807, 2.05) is 0 Å². The van der Waals surface area contributed by atoms with Crippen molar-refractivity contribution in [2.75, 3.05) is 20.2 Å². The minimum absolute atomic E-state index is 0.182. The molecule has 0 aliphatic carbocycles. The molecule has 0 bridgehead atoms. The SMILES string of the molecule is COC(CN)CCNCc1sccc1C. The van der Waals surface area contributed by atoms with Crippen molar-refractivity contribution in [3.63, 3.8) is 0 Å². The Morgan fingerprint density at radius 3 is 2.93 bits per heavy atom. The monoisotopic (exact) mass is 228 g/mol. The molecule has 0 amide bonds. The van der Waals surface area contributed by atoms with Crippen molar-refractivity contribution >= 4 is 11.3 Å². The average Bonchev–Trinajstić information content (AvgIpc) is 2.65. The lowest BCUT2D eigenvalue weighted by Crippen LogP contribution is -2.27. The van der Waals surface area contributed by atoms with E-state index < -0.39 is 0 Å². The zero-order chi connectivity index (χ0) is 11.1. The fourth-order valence-corrected chi connectivity index (χ4v) is 2.26. The number of nitrogens with one attached hydrogen (secondary N) is 1. The summed E-state index contributed by atoms with van der Waals surface area (Å²) in [4.78, 5) is 1.41. The first-order valence-corrected chi connectivity index (χ1v) is 6.12. The van der Waals surface area contributed by atoms with E-state index >= 15 is 0 Å². The molecular formula is C11H20N2OS. The molecule has 0 aliphatic heterocycles. The van der Waals surface area contributed by atoms with E-state index in [1.165, 1.54) is 10.4 Å². The van der Waals surface area contributed by atoms with Crippen molar-refractivity contribution in [1.82, 2.24) is 5.32 Å². The van der Waals surface area contributed by atoms with Gasteiger partial charge in [-0.3, -0.25) is 0 Å². The van der Waals surface area contributed by atoms with E-state index in [0.717, 1.165) is 19.5 Å². The summed E-state index contributed by atoms with van der Waals surface area (Å²) in [5, 5.41) is 5.53. The van der Waals surface area contributed by atoms with Crippen LogP contribution < -0.4 is 11.1 Å². The number of thiophene rings is 1. The van der Waals surface area contributed by atoms with Crippen molar-refractivity contribution < 1.29 is 4.74 Å². The molecule has 3 nitrogen and oxygen atoms in total. The molecule has 0 saturated carbocycles. The van der Waals surface area contributed by atoms with Crippen molar-refractivity contribution in [3.05, 3.63) is 21.9 Å². The van der Waals surface area contributed by atoms with Crippen molar-refractivity contribution in [2.45, 2.75) is 26.0 Å². The smallest absolute Gasteiger partial charge is 0.0705 e. The van der Waals surface area contributed by atoms with Crippen molar-refractivity contribution in [2.24, 2.45) is 5.73 Å². The molecule has 4 heteroatoms. The van der Waals surface area contributed by atoms with E-state index in [1.54, 1.807) is 18.4 Å². The summed E-state index contributed by atoms with van der Waals surface area (Å²) in [5.74, 6) is 0. The number of rotatable bonds is 7. The van der Waals surface area contributed by atoms with E-state index in [2.05, 4.69) is 23.7 Å². The standard InChI is InChI=1S/C11H20N2OS/c1-9-4-6-15-11(9)8-13-5-3-10(7-12)14-2/h4,6,10,13H,3,5,7-8,12H2,1-2H3. The molecule has 0 radical (unpaired) electrons. The highest BCUT2D eigenvalue weighted by molar-refractivity contribution is 7.10. The molecule has 1 heterocycles. The summed E-state index contributed by atoms with van der Waals surface area (Å²) in [6.07, 6.45) is 1.15. The molecule has 1 atom stereocenters. The Morgan fingerprint density at radius 2 is 2.40 bits per heavy atom. The molecule has 1 unspecified atom stereocenters. The molecule has 0 aliphatic rings. The number of hydrogen-bond acceptors (Lipinski definition) is 4. The number of methoxy groups -OCH3 is 1. The van der Waals surface area contributed by atoms with Crippen molar-refractivity contribution in [1.29, 1.82) is 0 Å². The first kappa shape index (κ1) is 12.6. The first-order chi connectivity index (χ1) is 7.27. The minimum Gasteiger partial charge on any atom is -0.380 e. The number of nitrogens with two attached hydrogens (primary N) is 1. The molecular weight excluding hydrogens is 208 g/mol. The normalized spacial score (nSPS) is 13.0. The van der Waals surface area contributed by atoms with Gasteiger partial charge in [0.15, 0.2) is 0 Å². The quantitative estimate of drug-likeness (QED) is 0.695. The van der Waals surface area contributed by atoms with Crippen LogP contribution in [0.3, 0.4) is 0 Å². The molecule has 1 aromatic heterocycles. The summed E-state index contributed by atoms with van der Waals surface area (Å²) in [7, 11) is 1.71. The van der Waals surface area contributed by atoms with Crippen LogP contribution in [0.15, 0.2) is 11.4 Å². The maximum atomic E-state index is 5.53. The highest BCUT2D eigenvalue weighted by Crippen LogP contribution is 2.14. The van der Waals surface area contributed by atoms with Gasteiger partial charge in [0.05, 0.1) is 6.10 Å². The van der Waals surface area contributed by atoms with Crippen LogP contribution in [0.1, 0.15) is 16.9 Å². The van der Waals surface area contributed by atoms with Gasteiger partial charge in [-0.25, -0.2) is 0 Å². The van der Waals surface area contributed by atoms with Crippen LogP contribution >= 0.6 is 11.3 Å². The van der Waals surface area contributed by atoms with Crippen LogP contribution in [0.4, 0.5) is 0 Å². The van der Waals surface area contributed by atoms with Gasteiger partial charge in [0.2, 0.25) is 0 Å². The van der Waals surface area contributed by atoms with Gasteiger partial charge in [0, 0.05) is 25.1 Å². The largest absolute Gasteiger partial charge is 0.380 e. The zero-order valence-electron chi connectivity index (χ0n) is 9.45. The van der Waals surface area contributed by atoms with Gasteiger partial charge in [0.25, 0.3) is 0 Å². The van der Waals surface area contributed by atoms with Crippen LogP contribution in [0, 0.1) is 6.92 Å². The molecule has 0 fully saturated rings. The molecule has 3 N–H and O–H groups in total. The second kappa shape index (κ2) is 6.95. The maximum Gasteiger partial charge on any atom is 0.0705 e. The van der Waals surface area contributed by atoms with Gasteiger partial charge in [-0.1, -0.05) is 0 Å². The fourth-order valence-electron chi connectivity index (χ4n) is 1.38. The maximum absolute atomic E-state index is 5.53. The second-order valence-electron chi connectivity index (χ2n) is 3.59. The van der Waals surface area contributed by atoms with E-state index in [-0.39, 0.29) is 6.10 Å². The Labute approximate surface area is 95.6 Å². The molecule has 15 heavy (non-hydrogen) atoms. The number of aryl methyl sites for hydroxylation is 1. The van der Waals surface area contributed by atoms with Gasteiger partial charge >= 0.3 is 0 Å². The predicted octanol–water partition coefficient (Wildman–Crippen LogP) is 1.51. The zero-order valence-corrected chi connectivity index (χ0v) is 10.3. The van der Waals surface area contributed by atoms with E-state index in [0.29, 0.717) is 6.54 Å². The highest BCUT2D eigenvalue weighted by atomic mass is 32.1. The summed E-state index contributed by atoms with van der Waals surface area (Å²) in [5.41, 5.74) is 6.90. The van der Waals surface area contributed by atoms with Crippen molar-refractivity contribution in [3.8, 4) is 0 Å². The van der Waals surface area contributed by atoms with E-state index in [9.17, 15) is 0 Å². The topological polar surface area (TPSA) is 47.3 Å². The summed E-state index contributed by atoms with van der Waals surface area (Å²) >= 11 is 1.80. The van der Waals surface area contributed by atoms with Gasteiger partial charge in [-0.15, -0.1) is 11.3 Å². The third-order valence-electron chi connectivity index (χ3n) is 2.49. The average molecular weight is 228 g/mol. The fraction of sp³-hybridized carbons (Fsp3) is 0.636. The Bertz CT molecular complexity index is 271. The Kier molecular flexibility index (Phi) is 5.86.